The van der Waals surface area contributed by atoms with Gasteiger partial charge in [-0.1, -0.05) is 36.8 Å². The Morgan fingerprint density at radius 1 is 1.24 bits per heavy atom. The predicted molar refractivity (Wildman–Crippen MR) is 89.2 cm³/mol. The lowest BCUT2D eigenvalue weighted by atomic mass is 10.00. The molecule has 0 saturated carbocycles. The number of aliphatic imine (C=N–C) groups is 1. The molecule has 0 unspecified atom stereocenters. The summed E-state index contributed by atoms with van der Waals surface area (Å²) in [4.78, 5) is 19.3. The Morgan fingerprint density at radius 3 is 2.57 bits per heavy atom. The maximum absolute atomic E-state index is 12.1. The first-order valence-electron chi connectivity index (χ1n) is 7.46. The fourth-order valence-corrected chi connectivity index (χ4v) is 3.51. The predicted octanol–water partition coefficient (Wildman–Crippen LogP) is 3.70. The zero-order valence-electron chi connectivity index (χ0n) is 12.5. The minimum absolute atomic E-state index is 0.103. The van der Waals surface area contributed by atoms with Crippen molar-refractivity contribution in [1.29, 1.82) is 0 Å². The average Bonchev–Trinajstić information content (AvgIpc) is 2.83. The monoisotopic (exact) mass is 300 g/mol. The van der Waals surface area contributed by atoms with E-state index in [0.717, 1.165) is 34.6 Å². The molecule has 0 atom stereocenters. The molecule has 1 amide bonds. The van der Waals surface area contributed by atoms with E-state index in [2.05, 4.69) is 35.9 Å². The Morgan fingerprint density at radius 2 is 1.90 bits per heavy atom. The highest BCUT2D eigenvalue weighted by molar-refractivity contribution is 8.18. The Balaban J connectivity index is 1.71. The number of benzene rings is 1. The van der Waals surface area contributed by atoms with Crippen LogP contribution in [0.4, 0.5) is 0 Å². The Labute approximate surface area is 130 Å². The topological polar surface area (TPSA) is 32.7 Å². The quantitative estimate of drug-likeness (QED) is 0.741. The van der Waals surface area contributed by atoms with Crippen LogP contribution in [0, 0.1) is 12.8 Å². The lowest BCUT2D eigenvalue weighted by molar-refractivity contribution is -0.113. The number of piperidine rings is 1. The van der Waals surface area contributed by atoms with Gasteiger partial charge < -0.3 is 4.90 Å². The molecule has 2 aliphatic rings. The molecule has 0 aliphatic carbocycles. The normalized spacial score (nSPS) is 22.0. The maximum Gasteiger partial charge on any atom is 0.286 e. The molecule has 2 aliphatic heterocycles. The fraction of sp³-hybridized carbons (Fsp3) is 0.412. The van der Waals surface area contributed by atoms with Crippen molar-refractivity contribution in [3.63, 3.8) is 0 Å². The van der Waals surface area contributed by atoms with Crippen LogP contribution in [-0.2, 0) is 4.79 Å². The van der Waals surface area contributed by atoms with Crippen molar-refractivity contribution in [3.05, 3.63) is 40.3 Å². The number of carbonyl (C=O) groups is 1. The summed E-state index contributed by atoms with van der Waals surface area (Å²) in [7, 11) is 0. The van der Waals surface area contributed by atoms with E-state index >= 15 is 0 Å². The molecular weight excluding hydrogens is 280 g/mol. The van der Waals surface area contributed by atoms with Gasteiger partial charge in [-0.05, 0) is 49.1 Å². The highest BCUT2D eigenvalue weighted by Gasteiger charge is 2.28. The fourth-order valence-electron chi connectivity index (χ4n) is 2.55. The van der Waals surface area contributed by atoms with Crippen molar-refractivity contribution in [2.24, 2.45) is 10.9 Å². The highest BCUT2D eigenvalue weighted by atomic mass is 32.2. The summed E-state index contributed by atoms with van der Waals surface area (Å²) < 4.78 is 0. The summed E-state index contributed by atoms with van der Waals surface area (Å²) in [6, 6.07) is 8.20. The molecule has 1 fully saturated rings. The minimum atomic E-state index is -0.103. The number of carbonyl (C=O) groups excluding carboxylic acids is 1. The Bertz CT molecular complexity index is 596. The average molecular weight is 300 g/mol. The van der Waals surface area contributed by atoms with E-state index in [1.807, 2.05) is 18.2 Å². The van der Waals surface area contributed by atoms with Crippen LogP contribution in [-0.4, -0.2) is 29.1 Å². The maximum atomic E-state index is 12.1. The van der Waals surface area contributed by atoms with Crippen molar-refractivity contribution in [2.45, 2.75) is 26.7 Å². The zero-order valence-corrected chi connectivity index (χ0v) is 13.3. The number of amides is 1. The largest absolute Gasteiger partial charge is 0.351 e. The Hall–Kier alpha value is -1.55. The summed E-state index contributed by atoms with van der Waals surface area (Å²) in [6.07, 6.45) is 4.31. The van der Waals surface area contributed by atoms with Crippen LogP contribution in [0.2, 0.25) is 0 Å². The summed E-state index contributed by atoms with van der Waals surface area (Å²) >= 11 is 1.51. The van der Waals surface area contributed by atoms with E-state index in [0.29, 0.717) is 0 Å². The molecule has 4 heteroatoms. The minimum Gasteiger partial charge on any atom is -0.351 e. The third kappa shape index (κ3) is 3.38. The molecule has 1 saturated heterocycles. The molecule has 3 rings (SSSR count). The molecule has 2 heterocycles. The number of rotatable bonds is 1. The first-order chi connectivity index (χ1) is 10.1. The number of nitrogens with zero attached hydrogens (tertiary/aromatic N) is 2. The van der Waals surface area contributed by atoms with Gasteiger partial charge in [-0.25, -0.2) is 0 Å². The van der Waals surface area contributed by atoms with Crippen LogP contribution >= 0.6 is 11.8 Å². The number of hydrogen-bond donors (Lipinski definition) is 0. The van der Waals surface area contributed by atoms with E-state index in [1.165, 1.54) is 30.2 Å². The van der Waals surface area contributed by atoms with E-state index in [9.17, 15) is 4.79 Å². The lowest BCUT2D eigenvalue weighted by Gasteiger charge is -2.30. The van der Waals surface area contributed by atoms with Gasteiger partial charge in [-0.15, -0.1) is 0 Å². The van der Waals surface area contributed by atoms with Crippen molar-refractivity contribution >= 4 is 28.9 Å². The van der Waals surface area contributed by atoms with Crippen molar-refractivity contribution < 1.29 is 4.79 Å². The van der Waals surface area contributed by atoms with Crippen molar-refractivity contribution in [1.82, 2.24) is 4.90 Å². The number of thioether (sulfide) groups is 1. The lowest BCUT2D eigenvalue weighted by Crippen LogP contribution is -2.35. The molecule has 0 bridgehead atoms. The van der Waals surface area contributed by atoms with Gasteiger partial charge in [0, 0.05) is 13.1 Å². The molecule has 1 aromatic rings. The standard InChI is InChI=1S/C17H20N2OS/c1-12-3-5-14(6-4-12)11-15-16(20)18-17(21-15)19-9-7-13(2)8-10-19/h3-6,11,13H,7-10H2,1-2H3/b15-11-. The van der Waals surface area contributed by atoms with Gasteiger partial charge in [-0.2, -0.15) is 4.99 Å². The van der Waals surface area contributed by atoms with Gasteiger partial charge in [0.2, 0.25) is 0 Å². The third-order valence-electron chi connectivity index (χ3n) is 4.04. The van der Waals surface area contributed by atoms with Gasteiger partial charge in [0.1, 0.15) is 0 Å². The van der Waals surface area contributed by atoms with Crippen LogP contribution in [0.1, 0.15) is 30.9 Å². The summed E-state index contributed by atoms with van der Waals surface area (Å²) in [5.41, 5.74) is 2.28. The van der Waals surface area contributed by atoms with Gasteiger partial charge >= 0.3 is 0 Å². The van der Waals surface area contributed by atoms with Crippen LogP contribution in [0.5, 0.6) is 0 Å². The van der Waals surface area contributed by atoms with Gasteiger partial charge in [0.05, 0.1) is 4.91 Å². The van der Waals surface area contributed by atoms with Gasteiger partial charge in [-0.3, -0.25) is 4.79 Å². The summed E-state index contributed by atoms with van der Waals surface area (Å²) in [6.45, 7) is 6.37. The van der Waals surface area contributed by atoms with E-state index < -0.39 is 0 Å². The SMILES string of the molecule is Cc1ccc(/C=C2\SC(N3CCC(C)CC3)=NC2=O)cc1. The molecule has 0 radical (unpaired) electrons. The first-order valence-corrected chi connectivity index (χ1v) is 8.27. The first kappa shape index (κ1) is 14.4. The number of hydrogen-bond acceptors (Lipinski definition) is 3. The molecule has 0 spiro atoms. The molecule has 1 aromatic carbocycles. The highest BCUT2D eigenvalue weighted by Crippen LogP contribution is 2.32. The Kier molecular flexibility index (Phi) is 4.15. The van der Waals surface area contributed by atoms with Crippen LogP contribution in [0.3, 0.4) is 0 Å². The second kappa shape index (κ2) is 6.06. The number of aryl methyl sites for hydroxylation is 1. The molecule has 3 nitrogen and oxygen atoms in total. The number of amidine groups is 1. The summed E-state index contributed by atoms with van der Waals surface area (Å²) in [5, 5.41) is 0.880. The molecule has 0 N–H and O–H groups in total. The van der Waals surface area contributed by atoms with E-state index in [4.69, 9.17) is 0 Å². The second-order valence-electron chi connectivity index (χ2n) is 5.89. The van der Waals surface area contributed by atoms with Crippen LogP contribution in [0.15, 0.2) is 34.2 Å². The summed E-state index contributed by atoms with van der Waals surface area (Å²) in [5.74, 6) is 0.681. The van der Waals surface area contributed by atoms with Crippen molar-refractivity contribution in [3.8, 4) is 0 Å². The molecule has 21 heavy (non-hydrogen) atoms. The molecule has 0 aromatic heterocycles. The van der Waals surface area contributed by atoms with Crippen molar-refractivity contribution in [2.75, 3.05) is 13.1 Å². The number of likely N-dealkylation sites (tertiary alicyclic amines) is 1. The zero-order chi connectivity index (χ0) is 14.8. The van der Waals surface area contributed by atoms with Crippen LogP contribution in [0.25, 0.3) is 6.08 Å². The third-order valence-corrected chi connectivity index (χ3v) is 5.08. The van der Waals surface area contributed by atoms with Gasteiger partial charge in [0.15, 0.2) is 5.17 Å². The molecular formula is C17H20N2OS. The molecule has 110 valence electrons. The van der Waals surface area contributed by atoms with Gasteiger partial charge in [0.25, 0.3) is 5.91 Å². The van der Waals surface area contributed by atoms with E-state index in [1.54, 1.807) is 0 Å². The van der Waals surface area contributed by atoms with E-state index in [-0.39, 0.29) is 5.91 Å². The second-order valence-corrected chi connectivity index (χ2v) is 6.90. The van der Waals surface area contributed by atoms with Crippen LogP contribution < -0.4 is 0 Å². The smallest absolute Gasteiger partial charge is 0.286 e.